The Morgan fingerprint density at radius 3 is 2.75 bits per heavy atom. The molecule has 3 nitrogen and oxygen atoms in total. The minimum Gasteiger partial charge on any atom is -0.294 e. The maximum atomic E-state index is 11.1. The molecule has 0 fully saturated rings. The molecule has 2 rings (SSSR count). The Kier molecular flexibility index (Phi) is 2.92. The summed E-state index contributed by atoms with van der Waals surface area (Å²) in [6.07, 6.45) is 3.32. The van der Waals surface area contributed by atoms with Crippen molar-refractivity contribution in [2.24, 2.45) is 0 Å². The minimum absolute atomic E-state index is 0.0254. The highest BCUT2D eigenvalue weighted by Gasteiger charge is 2.05. The van der Waals surface area contributed by atoms with Gasteiger partial charge in [-0.25, -0.2) is 4.68 Å². The third-order valence-corrected chi connectivity index (χ3v) is 3.26. The molecule has 0 aliphatic carbocycles. The number of hydrogen-bond acceptors (Lipinski definition) is 2. The van der Waals surface area contributed by atoms with Crippen molar-refractivity contribution >= 4 is 21.7 Å². The SMILES string of the molecule is CC(=O)c1cnn(-c2ccc(C)c(Br)c2)c1. The number of halogens is 1. The summed E-state index contributed by atoms with van der Waals surface area (Å²) >= 11 is 3.47. The summed E-state index contributed by atoms with van der Waals surface area (Å²) in [5, 5.41) is 4.15. The fourth-order valence-electron chi connectivity index (χ4n) is 1.37. The highest BCUT2D eigenvalue weighted by Crippen LogP contribution is 2.19. The van der Waals surface area contributed by atoms with Gasteiger partial charge >= 0.3 is 0 Å². The Bertz CT molecular complexity index is 546. The molecule has 0 N–H and O–H groups in total. The molecule has 0 bridgehead atoms. The number of ketones is 1. The normalized spacial score (nSPS) is 10.4. The maximum Gasteiger partial charge on any atom is 0.162 e. The molecule has 0 atom stereocenters. The van der Waals surface area contributed by atoms with Crippen molar-refractivity contribution in [3.05, 3.63) is 46.2 Å². The predicted octanol–water partition coefficient (Wildman–Crippen LogP) is 3.15. The molecule has 1 aromatic heterocycles. The van der Waals surface area contributed by atoms with Gasteiger partial charge in [-0.05, 0) is 31.5 Å². The smallest absolute Gasteiger partial charge is 0.162 e. The van der Waals surface area contributed by atoms with E-state index < -0.39 is 0 Å². The lowest BCUT2D eigenvalue weighted by atomic mass is 10.2. The number of rotatable bonds is 2. The van der Waals surface area contributed by atoms with Gasteiger partial charge in [-0.3, -0.25) is 4.79 Å². The summed E-state index contributed by atoms with van der Waals surface area (Å²) < 4.78 is 2.73. The third kappa shape index (κ3) is 2.07. The largest absolute Gasteiger partial charge is 0.294 e. The number of aromatic nitrogens is 2. The Hall–Kier alpha value is -1.42. The summed E-state index contributed by atoms with van der Waals surface area (Å²) in [7, 11) is 0. The van der Waals surface area contributed by atoms with E-state index in [1.54, 1.807) is 17.1 Å². The molecular weight excluding hydrogens is 268 g/mol. The van der Waals surface area contributed by atoms with Crippen molar-refractivity contribution in [1.82, 2.24) is 9.78 Å². The van der Waals surface area contributed by atoms with E-state index in [-0.39, 0.29) is 5.78 Å². The molecule has 4 heteroatoms. The summed E-state index contributed by atoms with van der Waals surface area (Å²) in [4.78, 5) is 11.1. The fourth-order valence-corrected chi connectivity index (χ4v) is 1.74. The van der Waals surface area contributed by atoms with Crippen LogP contribution in [0.3, 0.4) is 0 Å². The van der Waals surface area contributed by atoms with Gasteiger partial charge in [-0.1, -0.05) is 22.0 Å². The van der Waals surface area contributed by atoms with Gasteiger partial charge in [-0.15, -0.1) is 0 Å². The van der Waals surface area contributed by atoms with E-state index in [0.717, 1.165) is 10.2 Å². The Balaban J connectivity index is 2.42. The zero-order valence-corrected chi connectivity index (χ0v) is 10.7. The van der Waals surface area contributed by atoms with Crippen molar-refractivity contribution in [1.29, 1.82) is 0 Å². The average molecular weight is 279 g/mol. The molecule has 2 aromatic rings. The number of benzene rings is 1. The van der Waals surface area contributed by atoms with E-state index in [0.29, 0.717) is 5.56 Å². The van der Waals surface area contributed by atoms with Crippen LogP contribution in [0.5, 0.6) is 0 Å². The van der Waals surface area contributed by atoms with Crippen LogP contribution in [-0.4, -0.2) is 15.6 Å². The van der Waals surface area contributed by atoms with Crippen LogP contribution < -0.4 is 0 Å². The van der Waals surface area contributed by atoms with Crippen molar-refractivity contribution < 1.29 is 4.79 Å². The first-order valence-corrected chi connectivity index (χ1v) is 5.69. The monoisotopic (exact) mass is 278 g/mol. The first-order valence-electron chi connectivity index (χ1n) is 4.90. The van der Waals surface area contributed by atoms with Crippen LogP contribution in [0.25, 0.3) is 5.69 Å². The first kappa shape index (κ1) is 11.1. The zero-order valence-electron chi connectivity index (χ0n) is 9.07. The van der Waals surface area contributed by atoms with Gasteiger partial charge in [0.15, 0.2) is 5.78 Å². The van der Waals surface area contributed by atoms with E-state index in [4.69, 9.17) is 0 Å². The fraction of sp³-hybridized carbons (Fsp3) is 0.167. The van der Waals surface area contributed by atoms with Gasteiger partial charge in [0.1, 0.15) is 0 Å². The lowest BCUT2D eigenvalue weighted by Gasteiger charge is -2.03. The molecule has 0 spiro atoms. The molecule has 0 unspecified atom stereocenters. The highest BCUT2D eigenvalue weighted by molar-refractivity contribution is 9.10. The predicted molar refractivity (Wildman–Crippen MR) is 66.0 cm³/mol. The standard InChI is InChI=1S/C12H11BrN2O/c1-8-3-4-11(5-12(8)13)15-7-10(6-14-15)9(2)16/h3-7H,1-2H3. The van der Waals surface area contributed by atoms with Crippen molar-refractivity contribution in [2.75, 3.05) is 0 Å². The van der Waals surface area contributed by atoms with Gasteiger partial charge in [0.25, 0.3) is 0 Å². The van der Waals surface area contributed by atoms with Crippen LogP contribution in [-0.2, 0) is 0 Å². The minimum atomic E-state index is 0.0254. The maximum absolute atomic E-state index is 11.1. The summed E-state index contributed by atoms with van der Waals surface area (Å²) in [5.74, 6) is 0.0254. The Morgan fingerprint density at radius 1 is 1.44 bits per heavy atom. The molecule has 0 radical (unpaired) electrons. The van der Waals surface area contributed by atoms with E-state index in [9.17, 15) is 4.79 Å². The van der Waals surface area contributed by atoms with E-state index >= 15 is 0 Å². The summed E-state index contributed by atoms with van der Waals surface area (Å²) in [6.45, 7) is 3.56. The van der Waals surface area contributed by atoms with Gasteiger partial charge in [0.2, 0.25) is 0 Å². The van der Waals surface area contributed by atoms with Gasteiger partial charge in [0.05, 0.1) is 17.4 Å². The number of nitrogens with zero attached hydrogens (tertiary/aromatic N) is 2. The molecule has 1 heterocycles. The lowest BCUT2D eigenvalue weighted by molar-refractivity contribution is 0.101. The van der Waals surface area contributed by atoms with Crippen LogP contribution >= 0.6 is 15.9 Å². The van der Waals surface area contributed by atoms with E-state index in [1.165, 1.54) is 12.5 Å². The number of carbonyl (C=O) groups is 1. The van der Waals surface area contributed by atoms with Crippen LogP contribution in [0.15, 0.2) is 35.1 Å². The topological polar surface area (TPSA) is 34.9 Å². The molecule has 82 valence electrons. The van der Waals surface area contributed by atoms with Gasteiger partial charge in [-0.2, -0.15) is 5.10 Å². The number of hydrogen-bond donors (Lipinski definition) is 0. The number of carbonyl (C=O) groups excluding carboxylic acids is 1. The Morgan fingerprint density at radius 2 is 2.19 bits per heavy atom. The van der Waals surface area contributed by atoms with Gasteiger partial charge < -0.3 is 0 Å². The molecule has 0 saturated heterocycles. The van der Waals surface area contributed by atoms with Crippen LogP contribution in [0, 0.1) is 6.92 Å². The molecule has 0 amide bonds. The molecule has 1 aromatic carbocycles. The second kappa shape index (κ2) is 4.22. The zero-order chi connectivity index (χ0) is 11.7. The van der Waals surface area contributed by atoms with Crippen molar-refractivity contribution in [2.45, 2.75) is 13.8 Å². The Labute approximate surface area is 102 Å². The molecule has 0 aliphatic rings. The van der Waals surface area contributed by atoms with Crippen LogP contribution in [0.1, 0.15) is 22.8 Å². The number of aryl methyl sites for hydroxylation is 1. The average Bonchev–Trinajstić information content (AvgIpc) is 2.71. The van der Waals surface area contributed by atoms with E-state index in [2.05, 4.69) is 21.0 Å². The van der Waals surface area contributed by atoms with Crippen LogP contribution in [0.4, 0.5) is 0 Å². The van der Waals surface area contributed by atoms with E-state index in [1.807, 2.05) is 25.1 Å². The third-order valence-electron chi connectivity index (χ3n) is 2.41. The molecular formula is C12H11BrN2O. The quantitative estimate of drug-likeness (QED) is 0.791. The lowest BCUT2D eigenvalue weighted by Crippen LogP contribution is -1.95. The number of Topliss-reactive ketones (excluding diaryl/α,β-unsaturated/α-hetero) is 1. The van der Waals surface area contributed by atoms with Crippen molar-refractivity contribution in [3.8, 4) is 5.69 Å². The van der Waals surface area contributed by atoms with Crippen LogP contribution in [0.2, 0.25) is 0 Å². The second-order valence-corrected chi connectivity index (χ2v) is 4.52. The second-order valence-electron chi connectivity index (χ2n) is 3.66. The first-order chi connectivity index (χ1) is 7.58. The molecule has 16 heavy (non-hydrogen) atoms. The summed E-state index contributed by atoms with van der Waals surface area (Å²) in [5.41, 5.74) is 2.73. The highest BCUT2D eigenvalue weighted by atomic mass is 79.9. The summed E-state index contributed by atoms with van der Waals surface area (Å²) in [6, 6.07) is 5.96. The molecule has 0 saturated carbocycles. The van der Waals surface area contributed by atoms with Gasteiger partial charge in [0, 0.05) is 10.7 Å². The molecule has 0 aliphatic heterocycles. The van der Waals surface area contributed by atoms with Crippen molar-refractivity contribution in [3.63, 3.8) is 0 Å².